The lowest BCUT2D eigenvalue weighted by molar-refractivity contribution is -0.272. The number of ether oxygens (including phenoxy) is 1. The molecule has 0 fully saturated rings. The van der Waals surface area contributed by atoms with Gasteiger partial charge in [0.15, 0.2) is 18.4 Å². The highest BCUT2D eigenvalue weighted by Crippen LogP contribution is 2.23. The number of nitrogens with one attached hydrogen (secondary N) is 1. The van der Waals surface area contributed by atoms with Gasteiger partial charge < -0.3 is 20.7 Å². The summed E-state index contributed by atoms with van der Waals surface area (Å²) in [5.74, 6) is -0.907. The van der Waals surface area contributed by atoms with Crippen LogP contribution in [0.1, 0.15) is 6.23 Å². The Labute approximate surface area is 122 Å². The van der Waals surface area contributed by atoms with E-state index in [1.807, 2.05) is 0 Å². The first-order valence-electron chi connectivity index (χ1n) is 6.13. The van der Waals surface area contributed by atoms with Gasteiger partial charge in [0, 0.05) is 5.88 Å². The van der Waals surface area contributed by atoms with Crippen molar-refractivity contribution in [1.29, 1.82) is 5.53 Å². The maximum atomic E-state index is 12.7. The first kappa shape index (κ1) is 15.7. The van der Waals surface area contributed by atoms with Crippen LogP contribution >= 0.6 is 0 Å². The molecule has 0 amide bonds. The van der Waals surface area contributed by atoms with Gasteiger partial charge in [-0.15, -0.1) is 0 Å². The monoisotopic (exact) mass is 312 g/mol. The molecule has 2 rings (SSSR count). The highest BCUT2D eigenvalue weighted by Gasteiger charge is 2.22. The van der Waals surface area contributed by atoms with E-state index in [9.17, 15) is 9.50 Å². The normalized spacial score (nSPS) is 13.7. The molecule has 0 aromatic carbocycles. The lowest BCUT2D eigenvalue weighted by Crippen LogP contribution is -2.27. The molecule has 22 heavy (non-hydrogen) atoms. The number of nitrogens with zero attached hydrogens (tertiary/aromatic N) is 6. The number of aliphatic hydroxyl groups is 1. The molecule has 0 bridgehead atoms. The van der Waals surface area contributed by atoms with Crippen LogP contribution in [-0.2, 0) is 4.74 Å². The first-order valence-corrected chi connectivity index (χ1v) is 6.13. The van der Waals surface area contributed by atoms with Crippen molar-refractivity contribution in [2.75, 3.05) is 25.6 Å². The molecule has 118 valence electrons. The zero-order valence-electron chi connectivity index (χ0n) is 11.3. The predicted octanol–water partition coefficient (Wildman–Crippen LogP) is -1.12. The number of halogens is 1. The number of fused-ring (bicyclic) bond motifs is 1. The van der Waals surface area contributed by atoms with E-state index in [0.29, 0.717) is 0 Å². The van der Waals surface area contributed by atoms with Gasteiger partial charge in [0.25, 0.3) is 0 Å². The summed E-state index contributed by atoms with van der Waals surface area (Å²) in [7, 11) is 0. The van der Waals surface area contributed by atoms with Crippen LogP contribution in [0.5, 0.6) is 5.88 Å². The van der Waals surface area contributed by atoms with E-state index in [1.165, 1.54) is 10.9 Å². The van der Waals surface area contributed by atoms with Crippen molar-refractivity contribution in [1.82, 2.24) is 24.4 Å². The van der Waals surface area contributed by atoms with Crippen molar-refractivity contribution in [3.8, 4) is 5.88 Å². The molecule has 4 N–H and O–H groups in total. The molecule has 12 heteroatoms. The second kappa shape index (κ2) is 6.85. The molecule has 0 unspecified atom stereocenters. The Morgan fingerprint density at radius 1 is 1.59 bits per heavy atom. The summed E-state index contributed by atoms with van der Waals surface area (Å²) in [4.78, 5) is 14.1. The lowest BCUT2D eigenvalue weighted by atomic mass is 10.4. The van der Waals surface area contributed by atoms with Crippen LogP contribution in [-0.4, -0.2) is 50.6 Å². The molecule has 2 aromatic rings. The number of nitrogens with two attached hydrogens (primary N) is 1. The van der Waals surface area contributed by atoms with Gasteiger partial charge in [0.05, 0.1) is 12.9 Å². The molecule has 0 spiro atoms. The van der Waals surface area contributed by atoms with E-state index in [0.717, 1.165) is 0 Å². The van der Waals surface area contributed by atoms with Gasteiger partial charge in [0.1, 0.15) is 28.9 Å². The third-order valence-corrected chi connectivity index (χ3v) is 2.75. The van der Waals surface area contributed by atoms with Crippen molar-refractivity contribution < 1.29 is 19.3 Å². The Morgan fingerprint density at radius 3 is 3.00 bits per heavy atom. The molecule has 0 aliphatic heterocycles. The Bertz CT molecular complexity index is 697. The molecule has 2 atom stereocenters. The van der Waals surface area contributed by atoms with Gasteiger partial charge >= 0.3 is 0 Å². The zero-order chi connectivity index (χ0) is 16.1. The molecule has 0 saturated heterocycles. The van der Waals surface area contributed by atoms with Gasteiger partial charge in [-0.2, -0.15) is 4.98 Å². The summed E-state index contributed by atoms with van der Waals surface area (Å²) >= 11 is 0. The lowest BCUT2D eigenvalue weighted by Gasteiger charge is -2.20. The maximum Gasteiger partial charge on any atom is 0.221 e. The largest absolute Gasteiger partial charge is 0.857 e. The quantitative estimate of drug-likeness (QED) is 0.428. The number of anilines is 1. The molecule has 2 aromatic heterocycles. The molecular formula is C10H13FN8O3. The zero-order valence-corrected chi connectivity index (χ0v) is 11.3. The predicted molar refractivity (Wildman–Crippen MR) is 68.3 cm³/mol. The molecular weight excluding hydrogens is 299 g/mol. The Kier molecular flexibility index (Phi) is 4.88. The second-order valence-corrected chi connectivity index (χ2v) is 4.18. The number of alkyl halides is 1. The molecule has 0 aliphatic carbocycles. The van der Waals surface area contributed by atoms with E-state index in [2.05, 4.69) is 25.0 Å². The number of hydrogen-bond acceptors (Lipinski definition) is 9. The van der Waals surface area contributed by atoms with Crippen LogP contribution in [0, 0.1) is 5.53 Å². The summed E-state index contributed by atoms with van der Waals surface area (Å²) in [5, 5.41) is 24.1. The third-order valence-electron chi connectivity index (χ3n) is 2.75. The second-order valence-electron chi connectivity index (χ2n) is 4.18. The summed E-state index contributed by atoms with van der Waals surface area (Å²) < 4.78 is 19.4. The average molecular weight is 312 g/mol. The van der Waals surface area contributed by atoms with Crippen LogP contribution in [0.25, 0.3) is 11.2 Å². The van der Waals surface area contributed by atoms with E-state index >= 15 is 0 Å². The fourth-order valence-electron chi connectivity index (χ4n) is 1.78. The number of imidazole rings is 1. The van der Waals surface area contributed by atoms with Gasteiger partial charge in [-0.3, -0.25) is 4.57 Å². The van der Waals surface area contributed by atoms with Crippen molar-refractivity contribution in [2.24, 2.45) is 5.11 Å². The standard InChI is InChI=1S/C10H13FN8O3/c11-1-5(3-20)22-6(2-15-18-13)19-4-14-7-8(19)16-10(12)17-9(7)21/h4-6,13,20H,1-3H2,(H2-,12,16,17,21)/t5-,6-/m0/s1. The molecule has 0 saturated carbocycles. The fraction of sp³-hybridized carbons (Fsp3) is 0.500. The van der Waals surface area contributed by atoms with Gasteiger partial charge in [-0.05, 0) is 0 Å². The SMILES string of the molecule is N=[N+]=NC[C@H](O[C@H](CO)CF)n1cnc2c([O-])nc(N)nc21. The molecule has 0 aliphatic rings. The van der Waals surface area contributed by atoms with E-state index < -0.39 is 31.5 Å². The summed E-state index contributed by atoms with van der Waals surface area (Å²) in [6.45, 7) is -1.65. The Hall–Kier alpha value is -2.69. The van der Waals surface area contributed by atoms with Gasteiger partial charge in [0.2, 0.25) is 10.9 Å². The van der Waals surface area contributed by atoms with Crippen LogP contribution in [0.4, 0.5) is 10.3 Å². The highest BCUT2D eigenvalue weighted by atomic mass is 19.1. The van der Waals surface area contributed by atoms with Gasteiger partial charge in [-0.25, -0.2) is 14.4 Å². The van der Waals surface area contributed by atoms with E-state index in [1.54, 1.807) is 0 Å². The van der Waals surface area contributed by atoms with Crippen molar-refractivity contribution >= 4 is 17.1 Å². The van der Waals surface area contributed by atoms with Crippen LogP contribution in [0.2, 0.25) is 0 Å². The minimum absolute atomic E-state index is 0.0357. The smallest absolute Gasteiger partial charge is 0.221 e. The number of nitrogen functional groups attached to an aromatic ring is 1. The van der Waals surface area contributed by atoms with Crippen LogP contribution < -0.4 is 15.8 Å². The number of rotatable bonds is 7. The third kappa shape index (κ3) is 3.14. The van der Waals surface area contributed by atoms with Crippen molar-refractivity contribution in [3.05, 3.63) is 6.33 Å². The summed E-state index contributed by atoms with van der Waals surface area (Å²) in [5.41, 5.74) is 12.2. The summed E-state index contributed by atoms with van der Waals surface area (Å²) in [6, 6.07) is 0. The van der Waals surface area contributed by atoms with Crippen LogP contribution in [0.3, 0.4) is 0 Å². The fourth-order valence-corrected chi connectivity index (χ4v) is 1.78. The highest BCUT2D eigenvalue weighted by molar-refractivity contribution is 5.76. The number of aromatic nitrogens is 4. The van der Waals surface area contributed by atoms with Crippen molar-refractivity contribution in [2.45, 2.75) is 12.3 Å². The molecule has 0 radical (unpaired) electrons. The Morgan fingerprint density at radius 2 is 2.36 bits per heavy atom. The number of hydrogen-bond donors (Lipinski definition) is 3. The first-order chi connectivity index (χ1) is 10.6. The van der Waals surface area contributed by atoms with E-state index in [4.69, 9.17) is 21.1 Å². The average Bonchev–Trinajstić information content (AvgIpc) is 2.92. The topological polar surface area (TPSA) is 172 Å². The summed E-state index contributed by atoms with van der Waals surface area (Å²) in [6.07, 6.45) is -0.841. The Balaban J connectivity index is 2.44. The minimum Gasteiger partial charge on any atom is -0.857 e. The minimum atomic E-state index is -1.10. The van der Waals surface area contributed by atoms with Crippen LogP contribution in [0.15, 0.2) is 11.4 Å². The maximum absolute atomic E-state index is 12.7. The van der Waals surface area contributed by atoms with E-state index in [-0.39, 0.29) is 23.7 Å². The number of aliphatic hydroxyl groups excluding tert-OH is 1. The molecule has 11 nitrogen and oxygen atoms in total. The van der Waals surface area contributed by atoms with Gasteiger partial charge in [-0.1, -0.05) is 0 Å². The van der Waals surface area contributed by atoms with Crippen molar-refractivity contribution in [3.63, 3.8) is 0 Å². The molecule has 2 heterocycles.